The first-order valence-electron chi connectivity index (χ1n) is 5.79. The largest absolute Gasteiger partial charge is 0.467 e. The van der Waals surface area contributed by atoms with Gasteiger partial charge in [0.2, 0.25) is 0 Å². The van der Waals surface area contributed by atoms with Gasteiger partial charge in [-0.1, -0.05) is 30.3 Å². The molecule has 0 radical (unpaired) electrons. The van der Waals surface area contributed by atoms with Crippen molar-refractivity contribution in [2.24, 2.45) is 0 Å². The van der Waals surface area contributed by atoms with E-state index in [0.29, 0.717) is 5.56 Å². The zero-order chi connectivity index (χ0) is 14.3. The van der Waals surface area contributed by atoms with Gasteiger partial charge in [-0.05, 0) is 5.56 Å². The summed E-state index contributed by atoms with van der Waals surface area (Å²) in [6, 6.07) is 7.26. The van der Waals surface area contributed by atoms with Gasteiger partial charge in [0.05, 0.1) is 15.1 Å². The first-order chi connectivity index (χ1) is 9.08. The van der Waals surface area contributed by atoms with E-state index in [4.69, 9.17) is 11.2 Å². The number of carbonyl (C=O) groups is 2. The summed E-state index contributed by atoms with van der Waals surface area (Å²) >= 11 is 0. The van der Waals surface area contributed by atoms with Gasteiger partial charge in [-0.2, -0.15) is 0 Å². The molecule has 6 heteroatoms. The van der Waals surface area contributed by atoms with Crippen molar-refractivity contribution < 1.29 is 25.5 Å². The number of hydrogen-bond donors (Lipinski definition) is 2. The van der Waals surface area contributed by atoms with Crippen LogP contribution < -0.4 is 5.32 Å². The van der Waals surface area contributed by atoms with E-state index < -0.39 is 31.3 Å². The Bertz CT molecular complexity index is 425. The number of alkyl carbamates (subject to hydrolysis) is 1. The fourth-order valence-corrected chi connectivity index (χ4v) is 1.15. The van der Waals surface area contributed by atoms with Crippen molar-refractivity contribution in [3.63, 3.8) is 0 Å². The van der Waals surface area contributed by atoms with Crippen LogP contribution in [0.25, 0.3) is 0 Å². The van der Waals surface area contributed by atoms with Crippen molar-refractivity contribution in [1.29, 1.82) is 0 Å². The van der Waals surface area contributed by atoms with Crippen LogP contribution in [0.15, 0.2) is 30.3 Å². The molecule has 1 unspecified atom stereocenters. The zero-order valence-corrected chi connectivity index (χ0v) is 9.83. The first-order valence-corrected chi connectivity index (χ1v) is 5.21. The molecule has 0 saturated carbocycles. The van der Waals surface area contributed by atoms with Gasteiger partial charge in [-0.3, -0.25) is 0 Å². The third kappa shape index (κ3) is 4.42. The number of rotatable bonds is 5. The fraction of sp³-hybridized carbons (Fsp3) is 0.333. The SMILES string of the molecule is [2H]C(OC(=O)N[C@@H](CO)C(=O)OC)c1ccccc1. The van der Waals surface area contributed by atoms with Gasteiger partial charge in [-0.25, -0.2) is 9.59 Å². The van der Waals surface area contributed by atoms with E-state index in [9.17, 15) is 9.59 Å². The van der Waals surface area contributed by atoms with E-state index >= 15 is 0 Å². The van der Waals surface area contributed by atoms with E-state index in [1.807, 2.05) is 0 Å². The van der Waals surface area contributed by atoms with Gasteiger partial charge in [0, 0.05) is 0 Å². The van der Waals surface area contributed by atoms with Crippen LogP contribution in [0.2, 0.25) is 0 Å². The number of ether oxygens (including phenoxy) is 2. The fourth-order valence-electron chi connectivity index (χ4n) is 1.15. The van der Waals surface area contributed by atoms with Crippen LogP contribution >= 0.6 is 0 Å². The van der Waals surface area contributed by atoms with Crippen LogP contribution in [0.1, 0.15) is 6.93 Å². The maximum absolute atomic E-state index is 11.4. The molecule has 0 fully saturated rings. The smallest absolute Gasteiger partial charge is 0.408 e. The molecule has 0 bridgehead atoms. The number of esters is 1. The van der Waals surface area contributed by atoms with Gasteiger partial charge in [0.1, 0.15) is 6.58 Å². The first kappa shape index (κ1) is 12.4. The minimum absolute atomic E-state index is 0.497. The van der Waals surface area contributed by atoms with Gasteiger partial charge >= 0.3 is 12.1 Å². The second-order valence-electron chi connectivity index (χ2n) is 3.34. The molecule has 0 aliphatic carbocycles. The van der Waals surface area contributed by atoms with E-state index in [0.717, 1.165) is 7.11 Å². The van der Waals surface area contributed by atoms with Crippen molar-refractivity contribution in [3.8, 4) is 0 Å². The maximum atomic E-state index is 11.4. The molecule has 18 heavy (non-hydrogen) atoms. The number of methoxy groups -OCH3 is 1. The van der Waals surface area contributed by atoms with Crippen molar-refractivity contribution in [2.45, 2.75) is 12.6 Å². The predicted octanol–water partition coefficient (Wildman–Crippen LogP) is 0.447. The molecule has 1 aromatic rings. The third-order valence-electron chi connectivity index (χ3n) is 2.06. The maximum Gasteiger partial charge on any atom is 0.408 e. The summed E-state index contributed by atoms with van der Waals surface area (Å²) in [6.45, 7) is -1.83. The van der Waals surface area contributed by atoms with Crippen molar-refractivity contribution in [1.82, 2.24) is 5.32 Å². The molecule has 1 aromatic carbocycles. The second-order valence-corrected chi connectivity index (χ2v) is 3.34. The standard InChI is InChI=1S/C12H15NO5/c1-17-11(15)10(7-14)13-12(16)18-8-9-5-3-2-4-6-9/h2-6,10,14H,7-8H2,1H3,(H,13,16)/t10-/m0/s1/i8D/t8?,10-. The average Bonchev–Trinajstić information content (AvgIpc) is 2.44. The predicted molar refractivity (Wildman–Crippen MR) is 62.7 cm³/mol. The monoisotopic (exact) mass is 254 g/mol. The lowest BCUT2D eigenvalue weighted by Gasteiger charge is -2.13. The summed E-state index contributed by atoms with van der Waals surface area (Å²) in [6.07, 6.45) is -0.978. The van der Waals surface area contributed by atoms with Crippen LogP contribution in [-0.2, 0) is 20.9 Å². The molecule has 0 aliphatic heterocycles. The highest BCUT2D eigenvalue weighted by Gasteiger charge is 2.20. The van der Waals surface area contributed by atoms with Gasteiger partial charge in [0.15, 0.2) is 6.04 Å². The lowest BCUT2D eigenvalue weighted by Crippen LogP contribution is -2.44. The van der Waals surface area contributed by atoms with Crippen molar-refractivity contribution in [2.75, 3.05) is 13.7 Å². The molecule has 2 atom stereocenters. The molecular weight excluding hydrogens is 238 g/mol. The summed E-state index contributed by atoms with van der Waals surface area (Å²) < 4.78 is 16.8. The van der Waals surface area contributed by atoms with Crippen LogP contribution in [0.4, 0.5) is 4.79 Å². The van der Waals surface area contributed by atoms with Crippen LogP contribution in [-0.4, -0.2) is 36.9 Å². The van der Waals surface area contributed by atoms with E-state index in [-0.39, 0.29) is 0 Å². The number of amides is 1. The summed E-state index contributed by atoms with van der Waals surface area (Å²) in [4.78, 5) is 22.6. The molecule has 0 spiro atoms. The lowest BCUT2D eigenvalue weighted by molar-refractivity contribution is -0.144. The number of hydrogen-bond acceptors (Lipinski definition) is 5. The zero-order valence-electron chi connectivity index (χ0n) is 10.8. The number of benzene rings is 1. The van der Waals surface area contributed by atoms with E-state index in [2.05, 4.69) is 10.1 Å². The summed E-state index contributed by atoms with van der Waals surface area (Å²) in [5.74, 6) is -0.791. The highest BCUT2D eigenvalue weighted by atomic mass is 16.6. The molecule has 0 heterocycles. The number of aliphatic hydroxyl groups excluding tert-OH is 1. The highest BCUT2D eigenvalue weighted by molar-refractivity contribution is 5.81. The minimum atomic E-state index is -1.21. The molecular formula is C12H15NO5. The Morgan fingerprint density at radius 2 is 2.11 bits per heavy atom. The Morgan fingerprint density at radius 1 is 1.44 bits per heavy atom. The second kappa shape index (κ2) is 7.29. The number of carbonyl (C=O) groups excluding carboxylic acids is 2. The van der Waals surface area contributed by atoms with Crippen molar-refractivity contribution in [3.05, 3.63) is 35.9 Å². The van der Waals surface area contributed by atoms with Crippen LogP contribution in [0, 0.1) is 0 Å². The van der Waals surface area contributed by atoms with E-state index in [1.54, 1.807) is 30.3 Å². The topological polar surface area (TPSA) is 84.9 Å². The molecule has 1 amide bonds. The Balaban J connectivity index is 2.53. The van der Waals surface area contributed by atoms with Gasteiger partial charge in [0.25, 0.3) is 0 Å². The van der Waals surface area contributed by atoms with Crippen molar-refractivity contribution >= 4 is 12.1 Å². The summed E-state index contributed by atoms with van der Waals surface area (Å²) in [5, 5.41) is 11.0. The Kier molecular flexibility index (Phi) is 5.01. The van der Waals surface area contributed by atoms with Gasteiger partial charge in [-0.15, -0.1) is 0 Å². The summed E-state index contributed by atoms with van der Waals surface area (Å²) in [5.41, 5.74) is 0.497. The average molecular weight is 254 g/mol. The van der Waals surface area contributed by atoms with E-state index in [1.165, 1.54) is 0 Å². The van der Waals surface area contributed by atoms with Crippen LogP contribution in [0.5, 0.6) is 0 Å². The normalized spacial score (nSPS) is 14.0. The van der Waals surface area contributed by atoms with Gasteiger partial charge < -0.3 is 19.9 Å². The molecule has 0 saturated heterocycles. The Hall–Kier alpha value is -2.08. The number of nitrogens with one attached hydrogen (secondary N) is 1. The third-order valence-corrected chi connectivity index (χ3v) is 2.06. The Morgan fingerprint density at radius 3 is 2.67 bits per heavy atom. The molecule has 98 valence electrons. The quantitative estimate of drug-likeness (QED) is 0.745. The van der Waals surface area contributed by atoms with Crippen LogP contribution in [0.3, 0.4) is 0 Å². The molecule has 1 rings (SSSR count). The molecule has 0 aromatic heterocycles. The highest BCUT2D eigenvalue weighted by Crippen LogP contribution is 2.00. The minimum Gasteiger partial charge on any atom is -0.467 e. The number of aliphatic hydroxyl groups is 1. The Labute approximate surface area is 106 Å². The molecule has 0 aliphatic rings. The molecule has 2 N–H and O–H groups in total. The molecule has 6 nitrogen and oxygen atoms in total. The summed E-state index contributed by atoms with van der Waals surface area (Å²) in [7, 11) is 1.13. The lowest BCUT2D eigenvalue weighted by atomic mass is 10.2.